The molecule has 2 heterocycles. The van der Waals surface area contributed by atoms with Gasteiger partial charge in [-0.2, -0.15) is 0 Å². The number of rotatable bonds is 5. The molecule has 2 aliphatic heterocycles. The summed E-state index contributed by atoms with van der Waals surface area (Å²) in [6.45, 7) is 7.21. The highest BCUT2D eigenvalue weighted by Crippen LogP contribution is 2.65. The van der Waals surface area contributed by atoms with Gasteiger partial charge in [-0.1, -0.05) is 19.1 Å². The van der Waals surface area contributed by atoms with Crippen LogP contribution in [-0.2, 0) is 9.59 Å². The van der Waals surface area contributed by atoms with Crippen LogP contribution >= 0.6 is 0 Å². The van der Waals surface area contributed by atoms with Crippen LogP contribution in [0.1, 0.15) is 70.9 Å². The Morgan fingerprint density at radius 3 is 2.62 bits per heavy atom. The largest absolute Gasteiger partial charge is 0.454 e. The Kier molecular flexibility index (Phi) is 4.38. The summed E-state index contributed by atoms with van der Waals surface area (Å²) < 4.78 is 11.5. The normalized spacial score (nSPS) is 38.0. The highest BCUT2D eigenvalue weighted by molar-refractivity contribution is 5.91. The zero-order valence-electron chi connectivity index (χ0n) is 19.4. The highest BCUT2D eigenvalue weighted by Gasteiger charge is 2.66. The van der Waals surface area contributed by atoms with Gasteiger partial charge in [-0.15, -0.1) is 0 Å². The molecule has 4 bridgehead atoms. The van der Waals surface area contributed by atoms with Crippen molar-refractivity contribution in [1.82, 2.24) is 10.2 Å². The minimum absolute atomic E-state index is 0.0148. The molecule has 172 valence electrons. The molecule has 6 aliphatic rings. The van der Waals surface area contributed by atoms with Crippen LogP contribution in [0, 0.1) is 28.6 Å². The van der Waals surface area contributed by atoms with Crippen LogP contribution < -0.4 is 14.8 Å². The molecule has 6 heteroatoms. The van der Waals surface area contributed by atoms with E-state index < -0.39 is 5.41 Å². The topological polar surface area (TPSA) is 67.9 Å². The third-order valence-corrected chi connectivity index (χ3v) is 9.03. The molecule has 2 amide bonds. The Labute approximate surface area is 190 Å². The summed E-state index contributed by atoms with van der Waals surface area (Å²) in [5, 5.41) is 3.20. The zero-order valence-corrected chi connectivity index (χ0v) is 19.4. The molecule has 0 aromatic heterocycles. The summed E-state index contributed by atoms with van der Waals surface area (Å²) >= 11 is 0. The van der Waals surface area contributed by atoms with Gasteiger partial charge in [0.05, 0.1) is 16.9 Å². The molecule has 1 N–H and O–H groups in total. The van der Waals surface area contributed by atoms with Crippen LogP contribution in [0.3, 0.4) is 0 Å². The maximum Gasteiger partial charge on any atom is 0.231 e. The van der Waals surface area contributed by atoms with Crippen molar-refractivity contribution in [2.24, 2.45) is 28.6 Å². The number of hydrogen-bond acceptors (Lipinski definition) is 4. The molecule has 4 saturated carbocycles. The van der Waals surface area contributed by atoms with E-state index in [9.17, 15) is 9.59 Å². The molecule has 0 spiro atoms. The number of para-hydroxylation sites is 1. The third-order valence-electron chi connectivity index (χ3n) is 9.03. The van der Waals surface area contributed by atoms with Gasteiger partial charge < -0.3 is 19.7 Å². The smallest absolute Gasteiger partial charge is 0.231 e. The maximum absolute atomic E-state index is 13.5. The van der Waals surface area contributed by atoms with E-state index in [-0.39, 0.29) is 36.1 Å². The fourth-order valence-electron chi connectivity index (χ4n) is 8.02. The van der Waals surface area contributed by atoms with Crippen molar-refractivity contribution in [3.8, 4) is 11.5 Å². The first-order valence-corrected chi connectivity index (χ1v) is 12.4. The van der Waals surface area contributed by atoms with Crippen molar-refractivity contribution in [2.45, 2.75) is 71.4 Å². The van der Waals surface area contributed by atoms with E-state index >= 15 is 0 Å². The molecule has 1 aromatic rings. The van der Waals surface area contributed by atoms with E-state index in [4.69, 9.17) is 9.47 Å². The van der Waals surface area contributed by atoms with Gasteiger partial charge in [0.1, 0.15) is 0 Å². The Hall–Kier alpha value is -2.24. The predicted octanol–water partition coefficient (Wildman–Crippen LogP) is 4.05. The summed E-state index contributed by atoms with van der Waals surface area (Å²) in [7, 11) is 0. The second-order valence-electron chi connectivity index (χ2n) is 11.4. The Bertz CT molecular complexity index is 957. The van der Waals surface area contributed by atoms with Gasteiger partial charge >= 0.3 is 0 Å². The Morgan fingerprint density at radius 1 is 1.16 bits per heavy atom. The first-order valence-electron chi connectivity index (χ1n) is 12.4. The van der Waals surface area contributed by atoms with E-state index in [0.29, 0.717) is 17.8 Å². The predicted molar refractivity (Wildman–Crippen MR) is 119 cm³/mol. The number of ether oxygens (including phenoxy) is 2. The minimum atomic E-state index is -0.466. The molecule has 4 aliphatic carbocycles. The minimum Gasteiger partial charge on any atom is -0.454 e. The van der Waals surface area contributed by atoms with Crippen LogP contribution in [0.2, 0.25) is 0 Å². The fourth-order valence-corrected chi connectivity index (χ4v) is 8.02. The van der Waals surface area contributed by atoms with Crippen LogP contribution in [0.15, 0.2) is 18.2 Å². The summed E-state index contributed by atoms with van der Waals surface area (Å²) in [6.07, 6.45) is 6.13. The first-order chi connectivity index (χ1) is 15.4. The number of amides is 2. The second-order valence-corrected chi connectivity index (χ2v) is 11.4. The average Bonchev–Trinajstić information content (AvgIpc) is 3.25. The molecule has 6 atom stereocenters. The van der Waals surface area contributed by atoms with Gasteiger partial charge in [-0.05, 0) is 76.2 Å². The lowest BCUT2D eigenvalue weighted by Gasteiger charge is -2.66. The molecule has 7 rings (SSSR count). The number of benzene rings is 1. The van der Waals surface area contributed by atoms with E-state index in [1.165, 1.54) is 0 Å². The van der Waals surface area contributed by atoms with Crippen LogP contribution in [0.5, 0.6) is 11.5 Å². The lowest BCUT2D eigenvalue weighted by molar-refractivity contribution is -0.199. The Morgan fingerprint density at radius 2 is 1.91 bits per heavy atom. The summed E-state index contributed by atoms with van der Waals surface area (Å²) in [4.78, 5) is 28.9. The van der Waals surface area contributed by atoms with Crippen molar-refractivity contribution in [1.29, 1.82) is 0 Å². The molecular weight excluding hydrogens is 404 g/mol. The van der Waals surface area contributed by atoms with E-state index in [2.05, 4.69) is 37.1 Å². The number of carbonyl (C=O) groups excluding carboxylic acids is 2. The number of fused-ring (bicyclic) bond motifs is 1. The highest BCUT2D eigenvalue weighted by atomic mass is 16.7. The van der Waals surface area contributed by atoms with Gasteiger partial charge in [0.25, 0.3) is 0 Å². The number of nitrogens with one attached hydrogen (secondary N) is 1. The molecular formula is C26H34N2O4. The lowest BCUT2D eigenvalue weighted by Crippen LogP contribution is -2.71. The number of hydrogen-bond donors (Lipinski definition) is 1. The van der Waals surface area contributed by atoms with Gasteiger partial charge in [-0.25, -0.2) is 0 Å². The van der Waals surface area contributed by atoms with Gasteiger partial charge in [0, 0.05) is 18.2 Å². The quantitative estimate of drug-likeness (QED) is 0.705. The molecule has 5 fully saturated rings. The van der Waals surface area contributed by atoms with Crippen molar-refractivity contribution in [2.75, 3.05) is 13.3 Å². The van der Waals surface area contributed by atoms with Crippen LogP contribution in [-0.4, -0.2) is 36.1 Å². The lowest BCUT2D eigenvalue weighted by atomic mass is 9.46. The van der Waals surface area contributed by atoms with Crippen molar-refractivity contribution in [3.63, 3.8) is 0 Å². The number of β-lactam (4-membered cyclic amide) rings is 1. The van der Waals surface area contributed by atoms with Gasteiger partial charge in [0.15, 0.2) is 11.5 Å². The second kappa shape index (κ2) is 6.88. The van der Waals surface area contributed by atoms with Gasteiger partial charge in [-0.3, -0.25) is 9.59 Å². The Balaban J connectivity index is 1.33. The standard InChI is InChI=1S/C26H34N2O4/c1-4-8-27-23(29)26-11-15-9-16(12-26)20(17(10-15)13-26)28-22(25(2,3)24(28)30)18-6-5-7-19-21(18)32-14-31-19/h5-7,15-17,20,22H,4,8-14H2,1-3H3,(H,27,29)/t15?,16-,17?,20?,22?,26?/m0/s1. The summed E-state index contributed by atoms with van der Waals surface area (Å²) in [5.41, 5.74) is 0.381. The first kappa shape index (κ1) is 20.4. The third kappa shape index (κ3) is 2.64. The van der Waals surface area contributed by atoms with Crippen molar-refractivity contribution >= 4 is 11.8 Å². The molecule has 0 radical (unpaired) electrons. The molecule has 32 heavy (non-hydrogen) atoms. The maximum atomic E-state index is 13.5. The van der Waals surface area contributed by atoms with Crippen molar-refractivity contribution in [3.05, 3.63) is 23.8 Å². The molecule has 6 nitrogen and oxygen atoms in total. The van der Waals surface area contributed by atoms with Crippen molar-refractivity contribution < 1.29 is 19.1 Å². The van der Waals surface area contributed by atoms with Crippen LogP contribution in [0.4, 0.5) is 0 Å². The van der Waals surface area contributed by atoms with E-state index in [1.807, 2.05) is 12.1 Å². The molecule has 5 unspecified atom stereocenters. The van der Waals surface area contributed by atoms with E-state index in [1.54, 1.807) is 0 Å². The number of carbonyl (C=O) groups is 2. The van der Waals surface area contributed by atoms with Gasteiger partial charge in [0.2, 0.25) is 18.6 Å². The molecule has 1 aromatic carbocycles. The monoisotopic (exact) mass is 438 g/mol. The summed E-state index contributed by atoms with van der Waals surface area (Å²) in [6, 6.07) is 6.24. The van der Waals surface area contributed by atoms with Crippen LogP contribution in [0.25, 0.3) is 0 Å². The summed E-state index contributed by atoms with van der Waals surface area (Å²) in [5.74, 6) is 3.50. The fraction of sp³-hybridized carbons (Fsp3) is 0.692. The average molecular weight is 439 g/mol. The number of nitrogens with zero attached hydrogens (tertiary/aromatic N) is 1. The van der Waals surface area contributed by atoms with E-state index in [0.717, 1.165) is 62.1 Å². The number of likely N-dealkylation sites (tertiary alicyclic amines) is 1. The zero-order chi connectivity index (χ0) is 22.3. The molecule has 1 saturated heterocycles. The SMILES string of the molecule is CCCNC(=O)C12CC3CC(C1)C(N1C(=O)C(C)(C)C1c1cccc4c1OCO4)[C@@H](C3)C2.